The van der Waals surface area contributed by atoms with Crippen LogP contribution in [-0.4, -0.2) is 17.4 Å². The van der Waals surface area contributed by atoms with E-state index in [1.54, 1.807) is 0 Å². The van der Waals surface area contributed by atoms with Crippen LogP contribution < -0.4 is 5.73 Å². The molecule has 5 heteroatoms. The van der Waals surface area contributed by atoms with Crippen molar-refractivity contribution in [1.29, 1.82) is 0 Å². The molecule has 0 spiro atoms. The van der Waals surface area contributed by atoms with E-state index in [2.05, 4.69) is 0 Å². The summed E-state index contributed by atoms with van der Waals surface area (Å²) in [6.07, 6.45) is 0. The van der Waals surface area contributed by atoms with Crippen LogP contribution in [0.1, 0.15) is 17.0 Å². The molecule has 0 aliphatic carbocycles. The maximum atomic E-state index is 10.8. The van der Waals surface area contributed by atoms with E-state index in [0.717, 1.165) is 16.8 Å². The average Bonchev–Trinajstić information content (AvgIpc) is 2.20. The lowest BCUT2D eigenvalue weighted by molar-refractivity contribution is 0.160. The Morgan fingerprint density at radius 3 is 2.67 bits per heavy atom. The van der Waals surface area contributed by atoms with Crippen LogP contribution in [-0.2, 0) is 19.7 Å². The highest BCUT2D eigenvalue weighted by Gasteiger charge is 2.22. The van der Waals surface area contributed by atoms with Gasteiger partial charge in [-0.2, -0.15) is 4.21 Å². The molecule has 1 saturated heterocycles. The number of hydrogen-bond donors (Lipinski definition) is 1. The Balaban J connectivity index is 2.19. The molecule has 0 amide bonds. The largest absolute Gasteiger partial charge is 0.399 e. The van der Waals surface area contributed by atoms with Crippen LogP contribution in [0.25, 0.3) is 0 Å². The highest BCUT2D eigenvalue weighted by molar-refractivity contribution is 7.75. The van der Waals surface area contributed by atoms with Gasteiger partial charge in [-0.25, -0.2) is 0 Å². The Kier molecular flexibility index (Phi) is 3.04. The van der Waals surface area contributed by atoms with Gasteiger partial charge < -0.3 is 5.73 Å². The van der Waals surface area contributed by atoms with E-state index in [9.17, 15) is 4.21 Å². The van der Waals surface area contributed by atoms with Gasteiger partial charge >= 0.3 is 11.4 Å². The molecular formula is C10H13NO3S. The predicted octanol–water partition coefficient (Wildman–Crippen LogP) is 1.29. The summed E-state index contributed by atoms with van der Waals surface area (Å²) in [5.74, 6) is 0.142. The predicted molar refractivity (Wildman–Crippen MR) is 58.4 cm³/mol. The van der Waals surface area contributed by atoms with Crippen molar-refractivity contribution in [1.82, 2.24) is 0 Å². The molecule has 82 valence electrons. The first-order chi connectivity index (χ1) is 7.16. The standard InChI is InChI=1S/C10H13NO3S/c1-7-4-9(11)2-3-10(7)8-5-13-15(12)14-6-8/h2-4,8H,5-6,11H2,1H3. The fraction of sp³-hybridized carbons (Fsp3) is 0.400. The van der Waals surface area contributed by atoms with Crippen molar-refractivity contribution in [2.45, 2.75) is 12.8 Å². The monoisotopic (exact) mass is 227 g/mol. The zero-order valence-corrected chi connectivity index (χ0v) is 9.25. The van der Waals surface area contributed by atoms with E-state index in [4.69, 9.17) is 14.1 Å². The molecule has 1 aromatic carbocycles. The van der Waals surface area contributed by atoms with E-state index in [-0.39, 0.29) is 5.92 Å². The summed E-state index contributed by atoms with van der Waals surface area (Å²) in [7, 11) is 0. The van der Waals surface area contributed by atoms with Gasteiger partial charge in [-0.1, -0.05) is 6.07 Å². The summed E-state index contributed by atoms with van der Waals surface area (Å²) < 4.78 is 20.7. The summed E-state index contributed by atoms with van der Waals surface area (Å²) in [6.45, 7) is 2.85. The van der Waals surface area contributed by atoms with Crippen LogP contribution in [0.4, 0.5) is 5.69 Å². The molecule has 1 aliphatic rings. The zero-order valence-electron chi connectivity index (χ0n) is 8.43. The van der Waals surface area contributed by atoms with E-state index in [1.807, 2.05) is 25.1 Å². The van der Waals surface area contributed by atoms with Crippen molar-refractivity contribution >= 4 is 17.0 Å². The van der Waals surface area contributed by atoms with Gasteiger partial charge in [0.05, 0.1) is 13.2 Å². The fourth-order valence-electron chi connectivity index (χ4n) is 1.69. The molecule has 0 bridgehead atoms. The minimum Gasteiger partial charge on any atom is -0.399 e. The smallest absolute Gasteiger partial charge is 0.304 e. The number of hydrogen-bond acceptors (Lipinski definition) is 4. The Bertz CT molecular complexity index is 384. The van der Waals surface area contributed by atoms with Gasteiger partial charge in [0.15, 0.2) is 0 Å². The minimum atomic E-state index is -1.57. The second kappa shape index (κ2) is 4.30. The molecule has 2 rings (SSSR count). The SMILES string of the molecule is Cc1cc(N)ccc1C1COS(=O)OC1. The topological polar surface area (TPSA) is 61.5 Å². The Morgan fingerprint density at radius 2 is 2.07 bits per heavy atom. The molecule has 1 aromatic rings. The van der Waals surface area contributed by atoms with Crippen LogP contribution in [0.15, 0.2) is 18.2 Å². The molecule has 0 aromatic heterocycles. The highest BCUT2D eigenvalue weighted by Crippen LogP contribution is 2.25. The molecule has 2 N–H and O–H groups in total. The molecule has 1 aliphatic heterocycles. The number of aryl methyl sites for hydroxylation is 1. The first-order valence-corrected chi connectivity index (χ1v) is 5.71. The third kappa shape index (κ3) is 2.37. The van der Waals surface area contributed by atoms with Gasteiger partial charge in [-0.15, -0.1) is 0 Å². The Hall–Kier alpha value is -0.910. The van der Waals surface area contributed by atoms with Crippen molar-refractivity contribution in [3.63, 3.8) is 0 Å². The summed E-state index contributed by atoms with van der Waals surface area (Å²) in [5, 5.41) is 0. The molecule has 0 saturated carbocycles. The molecule has 0 atom stereocenters. The van der Waals surface area contributed by atoms with Crippen molar-refractivity contribution in [2.24, 2.45) is 0 Å². The lowest BCUT2D eigenvalue weighted by atomic mass is 9.96. The molecule has 4 nitrogen and oxygen atoms in total. The summed E-state index contributed by atoms with van der Waals surface area (Å²) >= 11 is -1.57. The van der Waals surface area contributed by atoms with Crippen molar-refractivity contribution < 1.29 is 12.6 Å². The maximum absolute atomic E-state index is 10.8. The van der Waals surface area contributed by atoms with E-state index in [0.29, 0.717) is 13.2 Å². The van der Waals surface area contributed by atoms with Crippen LogP contribution in [0, 0.1) is 6.92 Å². The third-order valence-corrected chi connectivity index (χ3v) is 3.12. The van der Waals surface area contributed by atoms with Gasteiger partial charge in [0.1, 0.15) is 0 Å². The quantitative estimate of drug-likeness (QED) is 0.734. The second-order valence-electron chi connectivity index (χ2n) is 3.59. The summed E-state index contributed by atoms with van der Waals surface area (Å²) in [5.41, 5.74) is 8.67. The molecule has 0 radical (unpaired) electrons. The molecule has 15 heavy (non-hydrogen) atoms. The van der Waals surface area contributed by atoms with Crippen LogP contribution in [0.2, 0.25) is 0 Å². The number of nitrogen functional groups attached to an aromatic ring is 1. The lowest BCUT2D eigenvalue weighted by Crippen LogP contribution is -2.23. The first kappa shape index (κ1) is 10.6. The van der Waals surface area contributed by atoms with Crippen molar-refractivity contribution in [3.8, 4) is 0 Å². The number of anilines is 1. The number of rotatable bonds is 1. The van der Waals surface area contributed by atoms with Crippen LogP contribution in [0.3, 0.4) is 0 Å². The van der Waals surface area contributed by atoms with Crippen molar-refractivity contribution in [2.75, 3.05) is 18.9 Å². The van der Waals surface area contributed by atoms with Crippen LogP contribution in [0.5, 0.6) is 0 Å². The first-order valence-electron chi connectivity index (χ1n) is 4.71. The summed E-state index contributed by atoms with van der Waals surface area (Å²) in [6, 6.07) is 5.74. The highest BCUT2D eigenvalue weighted by atomic mass is 32.2. The lowest BCUT2D eigenvalue weighted by Gasteiger charge is -2.22. The van der Waals surface area contributed by atoms with E-state index < -0.39 is 11.4 Å². The second-order valence-corrected chi connectivity index (χ2v) is 4.47. The molecule has 0 unspecified atom stereocenters. The third-order valence-electron chi connectivity index (χ3n) is 2.46. The summed E-state index contributed by atoms with van der Waals surface area (Å²) in [4.78, 5) is 0. The number of nitrogens with two attached hydrogens (primary N) is 1. The van der Waals surface area contributed by atoms with Crippen molar-refractivity contribution in [3.05, 3.63) is 29.3 Å². The zero-order chi connectivity index (χ0) is 10.8. The maximum Gasteiger partial charge on any atom is 0.304 e. The minimum absolute atomic E-state index is 0.142. The van der Waals surface area contributed by atoms with Gasteiger partial charge in [0, 0.05) is 11.6 Å². The van der Waals surface area contributed by atoms with Gasteiger partial charge in [-0.3, -0.25) is 8.37 Å². The Labute approximate surface area is 91.2 Å². The number of benzene rings is 1. The average molecular weight is 227 g/mol. The van der Waals surface area contributed by atoms with E-state index >= 15 is 0 Å². The normalized spacial score (nSPS) is 26.5. The molecule has 1 fully saturated rings. The van der Waals surface area contributed by atoms with Gasteiger partial charge in [-0.05, 0) is 30.2 Å². The molecular weight excluding hydrogens is 214 g/mol. The Morgan fingerprint density at radius 1 is 1.40 bits per heavy atom. The van der Waals surface area contributed by atoms with E-state index in [1.165, 1.54) is 0 Å². The molecule has 1 heterocycles. The fourth-order valence-corrected chi connectivity index (χ4v) is 2.31. The van der Waals surface area contributed by atoms with Gasteiger partial charge in [0.2, 0.25) is 0 Å². The van der Waals surface area contributed by atoms with Gasteiger partial charge in [0.25, 0.3) is 0 Å². The van der Waals surface area contributed by atoms with Crippen LogP contribution >= 0.6 is 0 Å².